The topological polar surface area (TPSA) is 123 Å². The van der Waals surface area contributed by atoms with Gasteiger partial charge in [-0.2, -0.15) is 0 Å². The minimum atomic E-state index is -0.724. The van der Waals surface area contributed by atoms with E-state index in [1.54, 1.807) is 13.8 Å². The van der Waals surface area contributed by atoms with Crippen LogP contribution >= 0.6 is 0 Å². The van der Waals surface area contributed by atoms with E-state index in [1.165, 1.54) is 18.5 Å². The predicted octanol–water partition coefficient (Wildman–Crippen LogP) is -0.249. The fourth-order valence-electron chi connectivity index (χ4n) is 1.56. The van der Waals surface area contributed by atoms with Crippen molar-refractivity contribution in [2.45, 2.75) is 25.8 Å². The van der Waals surface area contributed by atoms with Crippen LogP contribution in [-0.2, 0) is 4.79 Å². The molecular formula is C11H17N5O2. The number of rotatable bonds is 5. The molecule has 7 nitrogen and oxygen atoms in total. The third-order valence-electron chi connectivity index (χ3n) is 2.29. The zero-order valence-electron chi connectivity index (χ0n) is 10.4. The number of carbonyl (C=O) groups is 2. The van der Waals surface area contributed by atoms with Crippen LogP contribution in [0.5, 0.6) is 0 Å². The molecular weight excluding hydrogens is 234 g/mol. The van der Waals surface area contributed by atoms with E-state index in [0.29, 0.717) is 11.3 Å². The Bertz CT molecular complexity index is 459. The van der Waals surface area contributed by atoms with Crippen molar-refractivity contribution < 1.29 is 9.59 Å². The zero-order chi connectivity index (χ0) is 13.8. The molecule has 0 fully saturated rings. The quantitative estimate of drug-likeness (QED) is 0.424. The van der Waals surface area contributed by atoms with Gasteiger partial charge in [0.1, 0.15) is 0 Å². The van der Waals surface area contributed by atoms with Crippen molar-refractivity contribution in [1.82, 2.24) is 10.3 Å². The Morgan fingerprint density at radius 3 is 2.67 bits per heavy atom. The molecule has 0 radical (unpaired) electrons. The van der Waals surface area contributed by atoms with Gasteiger partial charge in [-0.1, -0.05) is 0 Å². The first-order valence-electron chi connectivity index (χ1n) is 5.37. The summed E-state index contributed by atoms with van der Waals surface area (Å²) in [6.45, 7) is 3.43. The van der Waals surface area contributed by atoms with E-state index in [9.17, 15) is 9.59 Å². The highest BCUT2D eigenvalue weighted by Crippen LogP contribution is 2.14. The van der Waals surface area contributed by atoms with Crippen LogP contribution in [0.15, 0.2) is 18.5 Å². The summed E-state index contributed by atoms with van der Waals surface area (Å²) >= 11 is 0. The standard InChI is InChI=1S/C11H17N5O2/c1-11(2,5-9(12)17)15-10(18)7-3-4-14-6-8(7)16-13/h3-4,6,16H,5,13H2,1-2H3,(H2,12,17)(H,15,18). The van der Waals surface area contributed by atoms with E-state index in [0.717, 1.165) is 0 Å². The van der Waals surface area contributed by atoms with Crippen molar-refractivity contribution in [3.05, 3.63) is 24.0 Å². The molecule has 0 atom stereocenters. The monoisotopic (exact) mass is 251 g/mol. The first-order chi connectivity index (χ1) is 8.35. The minimum Gasteiger partial charge on any atom is -0.370 e. The molecule has 0 spiro atoms. The Labute approximate surface area is 105 Å². The van der Waals surface area contributed by atoms with Crippen LogP contribution in [0.25, 0.3) is 0 Å². The molecule has 0 bridgehead atoms. The number of nitrogens with zero attached hydrogens (tertiary/aromatic N) is 1. The van der Waals surface area contributed by atoms with Gasteiger partial charge in [-0.15, -0.1) is 0 Å². The van der Waals surface area contributed by atoms with Gasteiger partial charge in [0.15, 0.2) is 0 Å². The summed E-state index contributed by atoms with van der Waals surface area (Å²) in [4.78, 5) is 26.8. The van der Waals surface area contributed by atoms with Gasteiger partial charge in [0.2, 0.25) is 5.91 Å². The van der Waals surface area contributed by atoms with Gasteiger partial charge in [-0.05, 0) is 19.9 Å². The maximum absolute atomic E-state index is 12.0. The van der Waals surface area contributed by atoms with Gasteiger partial charge in [-0.3, -0.25) is 20.4 Å². The molecule has 0 aliphatic heterocycles. The number of hydrogen-bond donors (Lipinski definition) is 4. The summed E-state index contributed by atoms with van der Waals surface area (Å²) in [7, 11) is 0. The molecule has 0 unspecified atom stereocenters. The average molecular weight is 251 g/mol. The first-order valence-corrected chi connectivity index (χ1v) is 5.37. The van der Waals surface area contributed by atoms with E-state index in [1.807, 2.05) is 0 Å². The van der Waals surface area contributed by atoms with E-state index < -0.39 is 11.4 Å². The molecule has 0 saturated heterocycles. The first kappa shape index (κ1) is 13.9. The third kappa shape index (κ3) is 3.70. The van der Waals surface area contributed by atoms with Crippen molar-refractivity contribution in [2.75, 3.05) is 5.43 Å². The highest BCUT2D eigenvalue weighted by molar-refractivity contribution is 5.99. The largest absolute Gasteiger partial charge is 0.370 e. The van der Waals surface area contributed by atoms with Crippen molar-refractivity contribution in [3.63, 3.8) is 0 Å². The van der Waals surface area contributed by atoms with Crippen LogP contribution in [0.2, 0.25) is 0 Å². The van der Waals surface area contributed by atoms with E-state index in [-0.39, 0.29) is 12.3 Å². The highest BCUT2D eigenvalue weighted by Gasteiger charge is 2.24. The smallest absolute Gasteiger partial charge is 0.253 e. The van der Waals surface area contributed by atoms with Gasteiger partial charge >= 0.3 is 0 Å². The number of carbonyl (C=O) groups excluding carboxylic acids is 2. The molecule has 1 aromatic rings. The molecule has 1 rings (SSSR count). The molecule has 98 valence electrons. The summed E-state index contributed by atoms with van der Waals surface area (Å²) in [5.74, 6) is 4.46. The molecule has 7 heteroatoms. The molecule has 0 aromatic carbocycles. The van der Waals surface area contributed by atoms with Gasteiger partial charge in [0.05, 0.1) is 17.4 Å². The minimum absolute atomic E-state index is 0.0508. The lowest BCUT2D eigenvalue weighted by atomic mass is 9.99. The number of hydrazine groups is 1. The van der Waals surface area contributed by atoms with E-state index >= 15 is 0 Å². The molecule has 0 saturated carbocycles. The van der Waals surface area contributed by atoms with Crippen LogP contribution < -0.4 is 22.3 Å². The van der Waals surface area contributed by atoms with Crippen LogP contribution in [0, 0.1) is 0 Å². The van der Waals surface area contributed by atoms with Gasteiger partial charge in [0, 0.05) is 18.2 Å². The number of nitrogens with two attached hydrogens (primary N) is 2. The Morgan fingerprint density at radius 2 is 2.11 bits per heavy atom. The second-order valence-electron chi connectivity index (χ2n) is 4.55. The Kier molecular flexibility index (Phi) is 4.22. The third-order valence-corrected chi connectivity index (χ3v) is 2.29. The van der Waals surface area contributed by atoms with Crippen molar-refractivity contribution >= 4 is 17.5 Å². The number of nitrogens with one attached hydrogen (secondary N) is 2. The van der Waals surface area contributed by atoms with Gasteiger partial charge in [0.25, 0.3) is 5.91 Å². The predicted molar refractivity (Wildman–Crippen MR) is 67.4 cm³/mol. The highest BCUT2D eigenvalue weighted by atomic mass is 16.2. The summed E-state index contributed by atoms with van der Waals surface area (Å²) in [5.41, 5.74) is 7.54. The average Bonchev–Trinajstić information content (AvgIpc) is 2.26. The number of amides is 2. The SMILES string of the molecule is CC(C)(CC(N)=O)NC(=O)c1ccncc1NN. The summed E-state index contributed by atoms with van der Waals surface area (Å²) in [5, 5.41) is 2.72. The van der Waals surface area contributed by atoms with Crippen molar-refractivity contribution in [3.8, 4) is 0 Å². The normalized spacial score (nSPS) is 10.8. The second kappa shape index (κ2) is 5.46. The molecule has 1 aromatic heterocycles. The molecule has 18 heavy (non-hydrogen) atoms. The molecule has 6 N–H and O–H groups in total. The fourth-order valence-corrected chi connectivity index (χ4v) is 1.56. The van der Waals surface area contributed by atoms with E-state index in [2.05, 4.69) is 15.7 Å². The lowest BCUT2D eigenvalue weighted by molar-refractivity contribution is -0.119. The summed E-state index contributed by atoms with van der Waals surface area (Å²) in [6, 6.07) is 1.53. The summed E-state index contributed by atoms with van der Waals surface area (Å²) < 4.78 is 0. The molecule has 0 aliphatic carbocycles. The van der Waals surface area contributed by atoms with Gasteiger partial charge in [-0.25, -0.2) is 0 Å². The maximum atomic E-state index is 12.0. The Morgan fingerprint density at radius 1 is 1.44 bits per heavy atom. The van der Waals surface area contributed by atoms with Crippen LogP contribution in [0.1, 0.15) is 30.6 Å². The number of nitrogen functional groups attached to an aromatic ring is 1. The number of aromatic nitrogens is 1. The zero-order valence-corrected chi connectivity index (χ0v) is 10.4. The molecule has 1 heterocycles. The van der Waals surface area contributed by atoms with Crippen molar-refractivity contribution in [1.29, 1.82) is 0 Å². The Hall–Kier alpha value is -2.15. The number of primary amides is 1. The maximum Gasteiger partial charge on any atom is 0.253 e. The van der Waals surface area contributed by atoms with E-state index in [4.69, 9.17) is 11.6 Å². The number of hydrogen-bond acceptors (Lipinski definition) is 5. The number of pyridine rings is 1. The Balaban J connectivity index is 2.85. The summed E-state index contributed by atoms with van der Waals surface area (Å²) in [6.07, 6.45) is 2.97. The molecule has 0 aliphatic rings. The molecule has 2 amide bonds. The van der Waals surface area contributed by atoms with Gasteiger partial charge < -0.3 is 16.5 Å². The second-order valence-corrected chi connectivity index (χ2v) is 4.55. The van der Waals surface area contributed by atoms with Crippen LogP contribution in [0.3, 0.4) is 0 Å². The van der Waals surface area contributed by atoms with Crippen molar-refractivity contribution in [2.24, 2.45) is 11.6 Å². The lowest BCUT2D eigenvalue weighted by Crippen LogP contribution is -2.46. The lowest BCUT2D eigenvalue weighted by Gasteiger charge is -2.25. The van der Waals surface area contributed by atoms with Crippen LogP contribution in [0.4, 0.5) is 5.69 Å². The fraction of sp³-hybridized carbons (Fsp3) is 0.364. The van der Waals surface area contributed by atoms with Crippen LogP contribution in [-0.4, -0.2) is 22.3 Å². The number of anilines is 1.